The maximum absolute atomic E-state index is 11.7. The van der Waals surface area contributed by atoms with Gasteiger partial charge in [0.05, 0.1) is 18.8 Å². The zero-order valence-electron chi connectivity index (χ0n) is 23.1. The van der Waals surface area contributed by atoms with Crippen molar-refractivity contribution in [1.82, 2.24) is 5.32 Å². The second kappa shape index (κ2) is 15.5. The molecular formula is C32H39NO6. The number of carbonyl (C=O) groups is 2. The Kier molecular flexibility index (Phi) is 11.8. The lowest BCUT2D eigenvalue weighted by Gasteiger charge is -2.37. The number of rotatable bonds is 16. The molecular weight excluding hydrogens is 494 g/mol. The van der Waals surface area contributed by atoms with E-state index in [0.29, 0.717) is 31.3 Å². The Labute approximate surface area is 231 Å². The van der Waals surface area contributed by atoms with E-state index < -0.39 is 17.5 Å². The third kappa shape index (κ3) is 8.86. The van der Waals surface area contributed by atoms with Crippen LogP contribution in [0.4, 0.5) is 0 Å². The smallest absolute Gasteiger partial charge is 0.344 e. The van der Waals surface area contributed by atoms with Gasteiger partial charge in [-0.3, -0.25) is 5.32 Å². The van der Waals surface area contributed by atoms with Gasteiger partial charge in [0.15, 0.2) is 13.2 Å². The molecule has 1 N–H and O–H groups in total. The zero-order valence-corrected chi connectivity index (χ0v) is 23.1. The minimum Gasteiger partial charge on any atom is -0.482 e. The van der Waals surface area contributed by atoms with Crippen LogP contribution >= 0.6 is 0 Å². The molecule has 0 saturated carbocycles. The molecule has 0 heterocycles. The monoisotopic (exact) mass is 533 g/mol. The Morgan fingerprint density at radius 2 is 1.18 bits per heavy atom. The summed E-state index contributed by atoms with van der Waals surface area (Å²) in [5, 5.41) is 3.86. The minimum absolute atomic E-state index is 0.131. The third-order valence-electron chi connectivity index (χ3n) is 6.36. The quantitative estimate of drug-likeness (QED) is 0.233. The molecule has 0 bridgehead atoms. The Morgan fingerprint density at radius 1 is 0.692 bits per heavy atom. The molecule has 0 fully saturated rings. The SMILES string of the molecule is CCCCC(NCc1ccccc1)(c1ccc(OCC(=O)OCC)cc1)c1ccc(OCC(=O)OCC)cc1. The van der Waals surface area contributed by atoms with Crippen LogP contribution in [0, 0.1) is 0 Å². The van der Waals surface area contributed by atoms with Crippen LogP contribution in [0.3, 0.4) is 0 Å². The van der Waals surface area contributed by atoms with E-state index in [1.54, 1.807) is 13.8 Å². The molecule has 0 radical (unpaired) electrons. The van der Waals surface area contributed by atoms with E-state index in [4.69, 9.17) is 18.9 Å². The molecule has 3 aromatic rings. The van der Waals surface area contributed by atoms with Gasteiger partial charge in [-0.05, 0) is 61.2 Å². The first-order chi connectivity index (χ1) is 19.0. The lowest BCUT2D eigenvalue weighted by molar-refractivity contribution is -0.146. The van der Waals surface area contributed by atoms with E-state index in [-0.39, 0.29) is 13.2 Å². The van der Waals surface area contributed by atoms with Crippen molar-refractivity contribution in [3.63, 3.8) is 0 Å². The number of esters is 2. The number of hydrogen-bond donors (Lipinski definition) is 1. The van der Waals surface area contributed by atoms with Crippen LogP contribution in [0.5, 0.6) is 11.5 Å². The maximum atomic E-state index is 11.7. The van der Waals surface area contributed by atoms with Crippen molar-refractivity contribution in [2.75, 3.05) is 26.4 Å². The predicted octanol–water partition coefficient (Wildman–Crippen LogP) is 5.79. The van der Waals surface area contributed by atoms with Crippen LogP contribution in [-0.2, 0) is 31.1 Å². The van der Waals surface area contributed by atoms with Gasteiger partial charge >= 0.3 is 11.9 Å². The highest BCUT2D eigenvalue weighted by atomic mass is 16.6. The number of ether oxygens (including phenoxy) is 4. The molecule has 0 saturated heterocycles. The van der Waals surface area contributed by atoms with Crippen molar-refractivity contribution < 1.29 is 28.5 Å². The van der Waals surface area contributed by atoms with Gasteiger partial charge in [-0.25, -0.2) is 9.59 Å². The van der Waals surface area contributed by atoms with Gasteiger partial charge in [0.25, 0.3) is 0 Å². The van der Waals surface area contributed by atoms with Crippen molar-refractivity contribution >= 4 is 11.9 Å². The third-order valence-corrected chi connectivity index (χ3v) is 6.36. The number of benzene rings is 3. The molecule has 39 heavy (non-hydrogen) atoms. The summed E-state index contributed by atoms with van der Waals surface area (Å²) in [6, 6.07) is 26.0. The van der Waals surface area contributed by atoms with Crippen molar-refractivity contribution in [3.05, 3.63) is 95.6 Å². The van der Waals surface area contributed by atoms with Crippen LogP contribution in [0.15, 0.2) is 78.9 Å². The van der Waals surface area contributed by atoms with E-state index in [0.717, 1.165) is 30.4 Å². The summed E-state index contributed by atoms with van der Waals surface area (Å²) in [4.78, 5) is 23.4. The topological polar surface area (TPSA) is 83.1 Å². The lowest BCUT2D eigenvalue weighted by atomic mass is 9.78. The standard InChI is InChI=1S/C32H39NO6/c1-4-7-21-32(33-22-25-11-9-8-10-12-25,26-13-17-28(18-14-26)38-23-30(34)36-5-2)27-15-19-29(20-16-27)39-24-31(35)37-6-3/h8-20,33H,4-7,21-24H2,1-3H3. The van der Waals surface area contributed by atoms with Gasteiger partial charge < -0.3 is 18.9 Å². The molecule has 0 aromatic heterocycles. The maximum Gasteiger partial charge on any atom is 0.344 e. The van der Waals surface area contributed by atoms with Crippen LogP contribution in [0.1, 0.15) is 56.7 Å². The Morgan fingerprint density at radius 3 is 1.62 bits per heavy atom. The first-order valence-corrected chi connectivity index (χ1v) is 13.6. The number of unbranched alkanes of at least 4 members (excludes halogenated alkanes) is 1. The van der Waals surface area contributed by atoms with Crippen LogP contribution in [0.2, 0.25) is 0 Å². The normalized spacial score (nSPS) is 11.1. The number of nitrogens with one attached hydrogen (secondary N) is 1. The largest absolute Gasteiger partial charge is 0.482 e. The highest BCUT2D eigenvalue weighted by Gasteiger charge is 2.33. The molecule has 0 atom stereocenters. The van der Waals surface area contributed by atoms with Crippen molar-refractivity contribution in [2.45, 2.75) is 52.1 Å². The molecule has 0 spiro atoms. The van der Waals surface area contributed by atoms with E-state index >= 15 is 0 Å². The van der Waals surface area contributed by atoms with E-state index in [9.17, 15) is 9.59 Å². The molecule has 7 heteroatoms. The molecule has 208 valence electrons. The highest BCUT2D eigenvalue weighted by molar-refractivity contribution is 5.71. The molecule has 7 nitrogen and oxygen atoms in total. The van der Waals surface area contributed by atoms with Crippen LogP contribution in [-0.4, -0.2) is 38.4 Å². The highest BCUT2D eigenvalue weighted by Crippen LogP contribution is 2.37. The summed E-state index contributed by atoms with van der Waals surface area (Å²) in [5.41, 5.74) is 2.85. The summed E-state index contributed by atoms with van der Waals surface area (Å²) < 4.78 is 21.2. The minimum atomic E-state index is -0.495. The Bertz CT molecular complexity index is 1080. The molecule has 0 unspecified atom stereocenters. The summed E-state index contributed by atoms with van der Waals surface area (Å²) in [6.07, 6.45) is 2.91. The predicted molar refractivity (Wildman–Crippen MR) is 151 cm³/mol. The van der Waals surface area contributed by atoms with Gasteiger partial charge in [0.1, 0.15) is 11.5 Å². The Balaban J connectivity index is 1.91. The summed E-state index contributed by atoms with van der Waals surface area (Å²) in [5.74, 6) is 0.409. The van der Waals surface area contributed by atoms with Gasteiger partial charge in [0, 0.05) is 6.54 Å². The van der Waals surface area contributed by atoms with Gasteiger partial charge in [-0.2, -0.15) is 0 Å². The first kappa shape index (κ1) is 29.7. The molecule has 0 aliphatic heterocycles. The average molecular weight is 534 g/mol. The lowest BCUT2D eigenvalue weighted by Crippen LogP contribution is -2.43. The average Bonchev–Trinajstić information content (AvgIpc) is 2.97. The second-order valence-corrected chi connectivity index (χ2v) is 9.08. The fourth-order valence-electron chi connectivity index (χ4n) is 4.40. The molecule has 0 aliphatic rings. The van der Waals surface area contributed by atoms with Crippen molar-refractivity contribution in [1.29, 1.82) is 0 Å². The van der Waals surface area contributed by atoms with Gasteiger partial charge in [-0.1, -0.05) is 74.4 Å². The summed E-state index contributed by atoms with van der Waals surface area (Å²) >= 11 is 0. The van der Waals surface area contributed by atoms with Crippen LogP contribution < -0.4 is 14.8 Å². The van der Waals surface area contributed by atoms with Crippen LogP contribution in [0.25, 0.3) is 0 Å². The van der Waals surface area contributed by atoms with Gasteiger partial charge in [0.2, 0.25) is 0 Å². The first-order valence-electron chi connectivity index (χ1n) is 13.6. The summed E-state index contributed by atoms with van der Waals surface area (Å²) in [7, 11) is 0. The molecule has 3 rings (SSSR count). The van der Waals surface area contributed by atoms with E-state index in [2.05, 4.69) is 24.4 Å². The van der Waals surface area contributed by atoms with E-state index in [1.165, 1.54) is 5.56 Å². The summed E-state index contributed by atoms with van der Waals surface area (Å²) in [6.45, 7) is 6.77. The number of hydrogen-bond acceptors (Lipinski definition) is 7. The fourth-order valence-corrected chi connectivity index (χ4v) is 4.40. The zero-order chi connectivity index (χ0) is 27.9. The number of carbonyl (C=O) groups excluding carboxylic acids is 2. The fraction of sp³-hybridized carbons (Fsp3) is 0.375. The second-order valence-electron chi connectivity index (χ2n) is 9.08. The molecule has 0 aliphatic carbocycles. The molecule has 0 amide bonds. The Hall–Kier alpha value is -3.84. The van der Waals surface area contributed by atoms with Gasteiger partial charge in [-0.15, -0.1) is 0 Å². The van der Waals surface area contributed by atoms with E-state index in [1.807, 2.05) is 66.7 Å². The van der Waals surface area contributed by atoms with Crippen molar-refractivity contribution in [2.24, 2.45) is 0 Å². The molecule has 3 aromatic carbocycles. The van der Waals surface area contributed by atoms with Crippen molar-refractivity contribution in [3.8, 4) is 11.5 Å².